The Bertz CT molecular complexity index is 1880. The second-order valence-electron chi connectivity index (χ2n) is 15.9. The molecule has 0 spiro atoms. The molecule has 0 unspecified atom stereocenters. The molecule has 284 valence electrons. The van der Waals surface area contributed by atoms with E-state index in [-0.39, 0.29) is 11.1 Å². The number of hydrogen-bond donors (Lipinski definition) is 0. The molecule has 0 aliphatic carbocycles. The minimum absolute atomic E-state index is 0.0784. The maximum absolute atomic E-state index is 14.3. The van der Waals surface area contributed by atoms with E-state index < -0.39 is 0 Å². The Balaban J connectivity index is 1.31. The topological polar surface area (TPSA) is 39.1 Å². The Kier molecular flexibility index (Phi) is 17.0. The average molecular weight is 724 g/mol. The zero-order chi connectivity index (χ0) is 36.5. The number of aromatic nitrogens is 1. The second-order valence-corrected chi connectivity index (χ2v) is 17.0. The molecule has 5 rings (SSSR count). The van der Waals surface area contributed by atoms with Gasteiger partial charge in [-0.2, -0.15) is 0 Å². The van der Waals surface area contributed by atoms with Crippen LogP contribution in [-0.4, -0.2) is 4.57 Å². The van der Waals surface area contributed by atoms with Crippen LogP contribution in [0.5, 0.6) is 0 Å². The monoisotopic (exact) mass is 724 g/mol. The summed E-state index contributed by atoms with van der Waals surface area (Å²) in [4.78, 5) is 28.7. The molecule has 0 fully saturated rings. The number of pyridine rings is 1. The molecule has 0 radical (unpaired) electrons. The van der Waals surface area contributed by atoms with Gasteiger partial charge in [-0.3, -0.25) is 14.2 Å². The highest BCUT2D eigenvalue weighted by Gasteiger charge is 2.23. The number of rotatable bonds is 27. The number of aryl methyl sites for hydroxylation is 2. The Morgan fingerprint density at radius 1 is 0.462 bits per heavy atom. The first-order valence-electron chi connectivity index (χ1n) is 21.9. The largest absolute Gasteiger partial charge is 0.274 e. The molecule has 3 aromatic carbocycles. The van der Waals surface area contributed by atoms with Gasteiger partial charge in [0, 0.05) is 37.5 Å². The van der Waals surface area contributed by atoms with Crippen molar-refractivity contribution < 1.29 is 0 Å². The lowest BCUT2D eigenvalue weighted by Crippen LogP contribution is -2.33. The van der Waals surface area contributed by atoms with Gasteiger partial charge in [-0.05, 0) is 72.2 Å². The number of fused-ring (bicyclic) bond motifs is 2. The first kappa shape index (κ1) is 40.5. The first-order chi connectivity index (χ1) is 25.6. The van der Waals surface area contributed by atoms with Gasteiger partial charge in [0.15, 0.2) is 0 Å². The maximum atomic E-state index is 14.3. The fourth-order valence-electron chi connectivity index (χ4n) is 8.62. The standard InChI is InChI=1S/C48H69NO2S/c1-4-7-10-13-14-15-16-17-18-19-20-21-22-23-24-29-34-49-47(50)40-35-37(30-25-11-8-5-2)43-39-32-27-28-33-42(39)52-46-38(31-26-12-9-6-3)36-41(48(49)51)44(40)45(43)46/h27-28,32-33,35-36H,4-26,29-31,34H2,1-3H3. The lowest BCUT2D eigenvalue weighted by atomic mass is 9.89. The fraction of sp³-hybridized carbons (Fsp3) is 0.625. The molecular formula is C48H69NO2S. The van der Waals surface area contributed by atoms with Crippen molar-refractivity contribution in [3.05, 3.63) is 68.2 Å². The molecule has 0 aliphatic rings. The smallest absolute Gasteiger partial charge is 0.261 e. The zero-order valence-corrected chi connectivity index (χ0v) is 34.0. The van der Waals surface area contributed by atoms with Gasteiger partial charge in [0.05, 0.1) is 0 Å². The van der Waals surface area contributed by atoms with E-state index in [1.54, 1.807) is 4.57 Å². The summed E-state index contributed by atoms with van der Waals surface area (Å²) in [6, 6.07) is 13.2. The van der Waals surface area contributed by atoms with Crippen molar-refractivity contribution in [1.29, 1.82) is 0 Å². The van der Waals surface area contributed by atoms with Crippen molar-refractivity contribution in [2.45, 2.75) is 194 Å². The highest BCUT2D eigenvalue weighted by Crippen LogP contribution is 2.44. The average Bonchev–Trinajstić information content (AvgIpc) is 3.16. The van der Waals surface area contributed by atoms with Crippen LogP contribution < -0.4 is 11.1 Å². The predicted octanol–water partition coefficient (Wildman–Crippen LogP) is 14.8. The molecule has 0 bridgehead atoms. The SMILES string of the molecule is CCCCCCCCCCCCCCCCCCn1c(=O)c2cc(CCCCCC)c3sc4ccccc4c4c(CCCCCC)cc(c1=O)c2c34. The van der Waals surface area contributed by atoms with E-state index in [4.69, 9.17) is 0 Å². The van der Waals surface area contributed by atoms with Crippen molar-refractivity contribution in [3.8, 4) is 0 Å². The van der Waals surface area contributed by atoms with Crippen molar-refractivity contribution in [2.75, 3.05) is 0 Å². The minimum atomic E-state index is -0.0784. The van der Waals surface area contributed by atoms with Crippen LogP contribution in [0, 0.1) is 0 Å². The van der Waals surface area contributed by atoms with E-state index in [2.05, 4.69) is 57.2 Å². The number of nitrogens with zero attached hydrogens (tertiary/aromatic N) is 1. The zero-order valence-electron chi connectivity index (χ0n) is 33.2. The lowest BCUT2D eigenvalue weighted by Gasteiger charge is -2.20. The summed E-state index contributed by atoms with van der Waals surface area (Å²) in [5.74, 6) is 0. The van der Waals surface area contributed by atoms with Gasteiger partial charge in [0.25, 0.3) is 11.1 Å². The summed E-state index contributed by atoms with van der Waals surface area (Å²) in [6.07, 6.45) is 32.5. The molecule has 2 aromatic heterocycles. The summed E-state index contributed by atoms with van der Waals surface area (Å²) >= 11 is 1.86. The molecule has 0 saturated heterocycles. The number of benzene rings is 3. The van der Waals surface area contributed by atoms with Gasteiger partial charge >= 0.3 is 0 Å². The van der Waals surface area contributed by atoms with Crippen LogP contribution in [-0.2, 0) is 19.4 Å². The van der Waals surface area contributed by atoms with E-state index in [0.29, 0.717) is 6.54 Å². The Hall–Kier alpha value is -2.72. The quantitative estimate of drug-likeness (QED) is 0.0307. The molecule has 5 aromatic rings. The van der Waals surface area contributed by atoms with E-state index in [0.717, 1.165) is 54.7 Å². The van der Waals surface area contributed by atoms with Gasteiger partial charge < -0.3 is 0 Å². The summed E-state index contributed by atoms with van der Waals surface area (Å²) in [5.41, 5.74) is 2.42. The van der Waals surface area contributed by atoms with Crippen LogP contribution in [0.4, 0.5) is 0 Å². The third-order valence-corrected chi connectivity index (χ3v) is 12.9. The molecule has 3 nitrogen and oxygen atoms in total. The minimum Gasteiger partial charge on any atom is -0.274 e. The first-order valence-corrected chi connectivity index (χ1v) is 22.7. The molecule has 0 amide bonds. The van der Waals surface area contributed by atoms with Crippen LogP contribution in [0.25, 0.3) is 41.7 Å². The summed E-state index contributed by atoms with van der Waals surface area (Å²) < 4.78 is 4.18. The van der Waals surface area contributed by atoms with Gasteiger partial charge in [0.2, 0.25) is 0 Å². The van der Waals surface area contributed by atoms with E-state index in [9.17, 15) is 9.59 Å². The van der Waals surface area contributed by atoms with E-state index in [1.807, 2.05) is 11.3 Å². The Morgan fingerprint density at radius 3 is 1.44 bits per heavy atom. The Labute approximate surface area is 318 Å². The van der Waals surface area contributed by atoms with Crippen molar-refractivity contribution >= 4 is 53.1 Å². The molecule has 2 heterocycles. The summed E-state index contributed by atoms with van der Waals surface area (Å²) in [7, 11) is 0. The van der Waals surface area contributed by atoms with Crippen LogP contribution >= 0.6 is 11.3 Å². The highest BCUT2D eigenvalue weighted by atomic mass is 32.1. The van der Waals surface area contributed by atoms with Gasteiger partial charge in [0.1, 0.15) is 0 Å². The van der Waals surface area contributed by atoms with Crippen LogP contribution in [0.2, 0.25) is 0 Å². The maximum Gasteiger partial charge on any atom is 0.261 e. The molecular weight excluding hydrogens is 655 g/mol. The lowest BCUT2D eigenvalue weighted by molar-refractivity contribution is 0.517. The van der Waals surface area contributed by atoms with Crippen molar-refractivity contribution in [1.82, 2.24) is 4.57 Å². The predicted molar refractivity (Wildman–Crippen MR) is 231 cm³/mol. The molecule has 52 heavy (non-hydrogen) atoms. The van der Waals surface area contributed by atoms with Gasteiger partial charge in [-0.15, -0.1) is 11.3 Å². The van der Waals surface area contributed by atoms with Crippen LogP contribution in [0.15, 0.2) is 46.0 Å². The van der Waals surface area contributed by atoms with Crippen molar-refractivity contribution in [3.63, 3.8) is 0 Å². The summed E-state index contributed by atoms with van der Waals surface area (Å²) in [6.45, 7) is 7.33. The molecule has 4 heteroatoms. The number of unbranched alkanes of at least 4 members (excludes halogenated alkanes) is 21. The van der Waals surface area contributed by atoms with Crippen LogP contribution in [0.3, 0.4) is 0 Å². The van der Waals surface area contributed by atoms with Crippen LogP contribution in [0.1, 0.15) is 186 Å². The third-order valence-electron chi connectivity index (χ3n) is 11.7. The van der Waals surface area contributed by atoms with E-state index in [1.165, 1.54) is 165 Å². The Morgan fingerprint density at radius 2 is 0.904 bits per heavy atom. The van der Waals surface area contributed by atoms with E-state index >= 15 is 0 Å². The summed E-state index contributed by atoms with van der Waals surface area (Å²) in [5, 5.41) is 6.16. The molecule has 0 atom stereocenters. The molecule has 0 aliphatic heterocycles. The van der Waals surface area contributed by atoms with Gasteiger partial charge in [-0.25, -0.2) is 0 Å². The normalized spacial score (nSPS) is 12.1. The van der Waals surface area contributed by atoms with Gasteiger partial charge in [-0.1, -0.05) is 174 Å². The van der Waals surface area contributed by atoms with Crippen molar-refractivity contribution in [2.24, 2.45) is 0 Å². The third kappa shape index (κ3) is 10.5. The highest BCUT2D eigenvalue weighted by molar-refractivity contribution is 7.25. The molecule has 0 saturated carbocycles. The fourth-order valence-corrected chi connectivity index (χ4v) is 9.87. The number of hydrogen-bond acceptors (Lipinski definition) is 3. The second kappa shape index (κ2) is 21.9. The molecule has 0 N–H and O–H groups in total.